The molecule has 1 heterocycles. The molecule has 4 heteroatoms. The Morgan fingerprint density at radius 1 is 1.24 bits per heavy atom. The van der Waals surface area contributed by atoms with Gasteiger partial charge < -0.3 is 10.6 Å². The Labute approximate surface area is 128 Å². The smallest absolute Gasteiger partial charge is 0.251 e. The molecule has 2 N–H and O–H groups in total. The summed E-state index contributed by atoms with van der Waals surface area (Å²) in [6.07, 6.45) is 3.16. The summed E-state index contributed by atoms with van der Waals surface area (Å²) in [5.41, 5.74) is 1.54. The molecule has 0 radical (unpaired) electrons. The van der Waals surface area contributed by atoms with E-state index in [9.17, 15) is 4.79 Å². The van der Waals surface area contributed by atoms with E-state index in [2.05, 4.69) is 43.3 Å². The van der Waals surface area contributed by atoms with Gasteiger partial charge in [0.05, 0.1) is 0 Å². The number of aryl methyl sites for hydroxylation is 1. The number of nitrogens with zero attached hydrogens (tertiary/aromatic N) is 1. The molecule has 0 fully saturated rings. The molecule has 0 saturated heterocycles. The topological polar surface area (TPSA) is 54.0 Å². The van der Waals surface area contributed by atoms with Gasteiger partial charge in [-0.1, -0.05) is 20.8 Å². The number of aromatic nitrogens is 1. The lowest BCUT2D eigenvalue weighted by molar-refractivity contribution is 0.0937. The molecule has 1 unspecified atom stereocenters. The molecule has 0 saturated carbocycles. The minimum atomic E-state index is -0.0173. The minimum Gasteiger partial charge on any atom is -0.370 e. The first kappa shape index (κ1) is 17.5. The van der Waals surface area contributed by atoms with Crippen LogP contribution in [0.2, 0.25) is 0 Å². The maximum absolute atomic E-state index is 12.3. The van der Waals surface area contributed by atoms with Gasteiger partial charge in [-0.05, 0) is 51.2 Å². The predicted octanol–water partition coefficient (Wildman–Crippen LogP) is 3.77. The largest absolute Gasteiger partial charge is 0.370 e. The second kappa shape index (κ2) is 8.65. The van der Waals surface area contributed by atoms with Crippen molar-refractivity contribution < 1.29 is 4.79 Å². The molecule has 1 aromatic heterocycles. The van der Waals surface area contributed by atoms with Gasteiger partial charge in [0.25, 0.3) is 5.91 Å². The molecule has 0 aromatic carbocycles. The Bertz CT molecular complexity index is 457. The van der Waals surface area contributed by atoms with E-state index in [1.165, 1.54) is 0 Å². The molecule has 21 heavy (non-hydrogen) atoms. The van der Waals surface area contributed by atoms with Crippen LogP contribution in [0.1, 0.15) is 63.0 Å². The van der Waals surface area contributed by atoms with Crippen LogP contribution in [0.15, 0.2) is 12.1 Å². The number of rotatable bonds is 8. The van der Waals surface area contributed by atoms with Crippen LogP contribution < -0.4 is 10.6 Å². The number of amides is 1. The molecule has 118 valence electrons. The SMILES string of the molecule is CCCNc1cc(C(=O)NC(C)CCC(C)C)cc(C)n1. The van der Waals surface area contributed by atoms with E-state index < -0.39 is 0 Å². The van der Waals surface area contributed by atoms with E-state index >= 15 is 0 Å². The van der Waals surface area contributed by atoms with E-state index in [0.29, 0.717) is 11.5 Å². The van der Waals surface area contributed by atoms with Crippen molar-refractivity contribution in [1.82, 2.24) is 10.3 Å². The first-order chi connectivity index (χ1) is 9.92. The van der Waals surface area contributed by atoms with E-state index in [1.54, 1.807) is 0 Å². The van der Waals surface area contributed by atoms with Gasteiger partial charge in [-0.15, -0.1) is 0 Å². The molecule has 4 nitrogen and oxygen atoms in total. The lowest BCUT2D eigenvalue weighted by Gasteiger charge is -2.16. The van der Waals surface area contributed by atoms with Crippen molar-refractivity contribution in [3.8, 4) is 0 Å². The first-order valence-corrected chi connectivity index (χ1v) is 7.95. The Hall–Kier alpha value is -1.58. The minimum absolute atomic E-state index is 0.0173. The van der Waals surface area contributed by atoms with Crippen molar-refractivity contribution >= 4 is 11.7 Å². The molecule has 1 aromatic rings. The first-order valence-electron chi connectivity index (χ1n) is 7.95. The molecule has 1 amide bonds. The molecule has 1 rings (SSSR count). The van der Waals surface area contributed by atoms with E-state index in [0.717, 1.165) is 37.3 Å². The molecule has 0 aliphatic carbocycles. The molecular formula is C17H29N3O. The maximum Gasteiger partial charge on any atom is 0.251 e. The van der Waals surface area contributed by atoms with Crippen LogP contribution in [0.25, 0.3) is 0 Å². The molecule has 0 aliphatic rings. The maximum atomic E-state index is 12.3. The highest BCUT2D eigenvalue weighted by atomic mass is 16.1. The zero-order valence-electron chi connectivity index (χ0n) is 14.0. The van der Waals surface area contributed by atoms with Gasteiger partial charge in [0.2, 0.25) is 0 Å². The summed E-state index contributed by atoms with van der Waals surface area (Å²) in [6.45, 7) is 11.3. The number of nitrogens with one attached hydrogen (secondary N) is 2. The molecular weight excluding hydrogens is 262 g/mol. The predicted molar refractivity (Wildman–Crippen MR) is 88.8 cm³/mol. The summed E-state index contributed by atoms with van der Waals surface area (Å²) in [5, 5.41) is 6.30. The van der Waals surface area contributed by atoms with Crippen molar-refractivity contribution in [2.24, 2.45) is 5.92 Å². The third-order valence-corrected chi connectivity index (χ3v) is 3.33. The van der Waals surface area contributed by atoms with Crippen LogP contribution in [0.5, 0.6) is 0 Å². The summed E-state index contributed by atoms with van der Waals surface area (Å²) in [6, 6.07) is 3.86. The molecule has 0 spiro atoms. The van der Waals surface area contributed by atoms with Crippen molar-refractivity contribution in [3.63, 3.8) is 0 Å². The quantitative estimate of drug-likeness (QED) is 0.766. The standard InChI is InChI=1S/C17H29N3O/c1-6-9-18-16-11-15(10-14(5)19-16)17(21)20-13(4)8-7-12(2)3/h10-13H,6-9H2,1-5H3,(H,18,19)(H,20,21). The summed E-state index contributed by atoms with van der Waals surface area (Å²) in [7, 11) is 0. The summed E-state index contributed by atoms with van der Waals surface area (Å²) < 4.78 is 0. The van der Waals surface area contributed by atoms with E-state index in [-0.39, 0.29) is 11.9 Å². The average molecular weight is 291 g/mol. The van der Waals surface area contributed by atoms with Gasteiger partial charge in [-0.25, -0.2) is 4.98 Å². The normalized spacial score (nSPS) is 12.3. The van der Waals surface area contributed by atoms with Crippen molar-refractivity contribution in [2.75, 3.05) is 11.9 Å². The Kier molecular flexibility index (Phi) is 7.20. The fourth-order valence-corrected chi connectivity index (χ4v) is 2.11. The third kappa shape index (κ3) is 6.61. The van der Waals surface area contributed by atoms with E-state index in [1.807, 2.05) is 19.1 Å². The monoisotopic (exact) mass is 291 g/mol. The van der Waals surface area contributed by atoms with E-state index in [4.69, 9.17) is 0 Å². The highest BCUT2D eigenvalue weighted by molar-refractivity contribution is 5.95. The Balaban J connectivity index is 2.66. The lowest BCUT2D eigenvalue weighted by Crippen LogP contribution is -2.32. The van der Waals surface area contributed by atoms with Crippen molar-refractivity contribution in [2.45, 2.75) is 59.9 Å². The number of hydrogen-bond donors (Lipinski definition) is 2. The Morgan fingerprint density at radius 3 is 2.57 bits per heavy atom. The van der Waals surface area contributed by atoms with Crippen LogP contribution in [0, 0.1) is 12.8 Å². The van der Waals surface area contributed by atoms with Gasteiger partial charge in [0.1, 0.15) is 5.82 Å². The van der Waals surface area contributed by atoms with Gasteiger partial charge in [0, 0.05) is 23.8 Å². The van der Waals surface area contributed by atoms with Gasteiger partial charge in [-0.2, -0.15) is 0 Å². The number of carbonyl (C=O) groups excluding carboxylic acids is 1. The van der Waals surface area contributed by atoms with Gasteiger partial charge >= 0.3 is 0 Å². The van der Waals surface area contributed by atoms with Crippen LogP contribution in [-0.4, -0.2) is 23.5 Å². The molecule has 0 bridgehead atoms. The van der Waals surface area contributed by atoms with Gasteiger partial charge in [-0.3, -0.25) is 4.79 Å². The summed E-state index contributed by atoms with van der Waals surface area (Å²) in [4.78, 5) is 16.7. The summed E-state index contributed by atoms with van der Waals surface area (Å²) >= 11 is 0. The zero-order chi connectivity index (χ0) is 15.8. The number of anilines is 1. The highest BCUT2D eigenvalue weighted by Crippen LogP contribution is 2.12. The average Bonchev–Trinajstić information content (AvgIpc) is 2.42. The summed E-state index contributed by atoms with van der Waals surface area (Å²) in [5.74, 6) is 1.42. The van der Waals surface area contributed by atoms with Crippen LogP contribution >= 0.6 is 0 Å². The third-order valence-electron chi connectivity index (χ3n) is 3.33. The van der Waals surface area contributed by atoms with Crippen LogP contribution in [0.3, 0.4) is 0 Å². The van der Waals surface area contributed by atoms with Crippen LogP contribution in [0.4, 0.5) is 5.82 Å². The Morgan fingerprint density at radius 2 is 1.95 bits per heavy atom. The second-order valence-electron chi connectivity index (χ2n) is 6.15. The number of hydrogen-bond acceptors (Lipinski definition) is 3. The number of carbonyl (C=O) groups is 1. The van der Waals surface area contributed by atoms with Gasteiger partial charge in [0.15, 0.2) is 0 Å². The fourth-order valence-electron chi connectivity index (χ4n) is 2.11. The molecule has 1 atom stereocenters. The lowest BCUT2D eigenvalue weighted by atomic mass is 10.0. The number of pyridine rings is 1. The second-order valence-corrected chi connectivity index (χ2v) is 6.15. The zero-order valence-corrected chi connectivity index (χ0v) is 14.0. The molecule has 0 aliphatic heterocycles. The van der Waals surface area contributed by atoms with Crippen LogP contribution in [-0.2, 0) is 0 Å². The highest BCUT2D eigenvalue weighted by Gasteiger charge is 2.12. The van der Waals surface area contributed by atoms with Crippen molar-refractivity contribution in [3.05, 3.63) is 23.4 Å². The van der Waals surface area contributed by atoms with Crippen molar-refractivity contribution in [1.29, 1.82) is 0 Å². The fraction of sp³-hybridized carbons (Fsp3) is 0.647.